The summed E-state index contributed by atoms with van der Waals surface area (Å²) in [6.07, 6.45) is 2.39. The van der Waals surface area contributed by atoms with Crippen LogP contribution in [-0.2, 0) is 10.0 Å². The normalized spacial score (nSPS) is 11.4. The predicted molar refractivity (Wildman–Crippen MR) is 61.2 cm³/mol. The first kappa shape index (κ1) is 11.8. The van der Waals surface area contributed by atoms with Gasteiger partial charge in [0, 0.05) is 6.07 Å². The van der Waals surface area contributed by atoms with Gasteiger partial charge >= 0.3 is 0 Å². The average Bonchev–Trinajstić information content (AvgIpc) is 2.65. The second-order valence-corrected chi connectivity index (χ2v) is 5.20. The van der Waals surface area contributed by atoms with E-state index in [2.05, 4.69) is 24.7 Å². The van der Waals surface area contributed by atoms with Crippen LogP contribution >= 0.6 is 11.6 Å². The number of sulfonamides is 1. The van der Waals surface area contributed by atoms with E-state index in [1.807, 2.05) is 0 Å². The van der Waals surface area contributed by atoms with Crippen LogP contribution in [0.5, 0.6) is 0 Å². The van der Waals surface area contributed by atoms with E-state index >= 15 is 0 Å². The minimum absolute atomic E-state index is 0.0373. The summed E-state index contributed by atoms with van der Waals surface area (Å²) in [7, 11) is -3.73. The number of aromatic amines is 1. The predicted octanol–water partition coefficient (Wildman–Crippen LogP) is 0.962. The van der Waals surface area contributed by atoms with Crippen LogP contribution in [0.25, 0.3) is 0 Å². The van der Waals surface area contributed by atoms with E-state index in [0.29, 0.717) is 5.82 Å². The minimum Gasteiger partial charge on any atom is -0.332 e. The largest absolute Gasteiger partial charge is 0.332 e. The lowest BCUT2D eigenvalue weighted by molar-refractivity contribution is 0.598. The molecule has 0 atom stereocenters. The number of nitrogens with one attached hydrogen (secondary N) is 2. The Labute approximate surface area is 102 Å². The summed E-state index contributed by atoms with van der Waals surface area (Å²) >= 11 is 5.62. The van der Waals surface area contributed by atoms with Crippen molar-refractivity contribution in [3.63, 3.8) is 0 Å². The van der Waals surface area contributed by atoms with E-state index in [9.17, 15) is 8.42 Å². The van der Waals surface area contributed by atoms with Crippen molar-refractivity contribution in [1.29, 1.82) is 0 Å². The van der Waals surface area contributed by atoms with Crippen molar-refractivity contribution in [2.45, 2.75) is 11.9 Å². The summed E-state index contributed by atoms with van der Waals surface area (Å²) in [5, 5.41) is 0.114. The number of anilines is 1. The van der Waals surface area contributed by atoms with E-state index in [4.69, 9.17) is 11.6 Å². The molecule has 2 heterocycles. The van der Waals surface area contributed by atoms with E-state index in [0.717, 1.165) is 0 Å². The van der Waals surface area contributed by atoms with Gasteiger partial charge < -0.3 is 4.98 Å². The number of nitrogens with zero attached hydrogens (tertiary/aromatic N) is 3. The quantitative estimate of drug-likeness (QED) is 0.811. The fourth-order valence-corrected chi connectivity index (χ4v) is 2.23. The number of hydrogen-bond donors (Lipinski definition) is 2. The van der Waals surface area contributed by atoms with Crippen LogP contribution in [0.4, 0.5) is 5.82 Å². The molecule has 2 N–H and O–H groups in total. The third-order valence-corrected chi connectivity index (χ3v) is 3.31. The molecule has 0 aliphatic heterocycles. The smallest absolute Gasteiger partial charge is 0.280 e. The highest BCUT2D eigenvalue weighted by Gasteiger charge is 2.17. The van der Waals surface area contributed by atoms with Crippen LogP contribution in [0.15, 0.2) is 23.6 Å². The molecule has 0 saturated carbocycles. The Morgan fingerprint density at radius 1 is 1.35 bits per heavy atom. The van der Waals surface area contributed by atoms with Crippen LogP contribution in [0, 0.1) is 6.92 Å². The summed E-state index contributed by atoms with van der Waals surface area (Å²) in [5.74, 6) is 0.600. The molecule has 0 fully saturated rings. The Hall–Kier alpha value is -1.67. The maximum atomic E-state index is 11.8. The molecule has 0 radical (unpaired) electrons. The van der Waals surface area contributed by atoms with Crippen molar-refractivity contribution in [2.24, 2.45) is 0 Å². The molecule has 0 amide bonds. The molecule has 0 aliphatic rings. The first-order chi connectivity index (χ1) is 7.97. The second-order valence-electron chi connectivity index (χ2n) is 3.16. The third-order valence-electron chi connectivity index (χ3n) is 1.84. The molecule has 2 aromatic heterocycles. The number of H-pyrrole nitrogens is 1. The number of halogens is 1. The van der Waals surface area contributed by atoms with Crippen molar-refractivity contribution < 1.29 is 8.42 Å². The number of aryl methyl sites for hydroxylation is 1. The van der Waals surface area contributed by atoms with Gasteiger partial charge in [0.15, 0.2) is 5.03 Å². The van der Waals surface area contributed by atoms with Crippen LogP contribution in [-0.4, -0.2) is 28.4 Å². The standard InChI is InChI=1S/C8H8ClN5O2S/c1-5-10-3-8(13-5)17(15,16)14-7-2-6(9)11-4-12-7/h2-4H,1H3,(H,10,13)(H,11,12,14). The van der Waals surface area contributed by atoms with Gasteiger partial charge in [-0.2, -0.15) is 8.42 Å². The van der Waals surface area contributed by atoms with Crippen molar-refractivity contribution in [2.75, 3.05) is 4.72 Å². The van der Waals surface area contributed by atoms with Crippen molar-refractivity contribution >= 4 is 27.4 Å². The molecular formula is C8H8ClN5O2S. The van der Waals surface area contributed by atoms with Crippen molar-refractivity contribution in [3.8, 4) is 0 Å². The maximum absolute atomic E-state index is 11.8. The molecule has 2 rings (SSSR count). The molecule has 2 aromatic rings. The zero-order valence-corrected chi connectivity index (χ0v) is 10.2. The van der Waals surface area contributed by atoms with Crippen molar-refractivity contribution in [3.05, 3.63) is 29.6 Å². The molecule has 0 aliphatic carbocycles. The van der Waals surface area contributed by atoms with E-state index < -0.39 is 10.0 Å². The summed E-state index contributed by atoms with van der Waals surface area (Å²) in [6, 6.07) is 1.31. The fraction of sp³-hybridized carbons (Fsp3) is 0.125. The Bertz CT molecular complexity index is 639. The molecule has 0 spiro atoms. The van der Waals surface area contributed by atoms with Crippen molar-refractivity contribution in [1.82, 2.24) is 19.9 Å². The Kier molecular flexibility index (Phi) is 2.99. The number of imidazole rings is 1. The molecule has 0 bridgehead atoms. The minimum atomic E-state index is -3.73. The molecular weight excluding hydrogens is 266 g/mol. The first-order valence-electron chi connectivity index (χ1n) is 4.49. The van der Waals surface area contributed by atoms with Gasteiger partial charge in [0.2, 0.25) is 0 Å². The molecule has 90 valence electrons. The van der Waals surface area contributed by atoms with Gasteiger partial charge in [0.25, 0.3) is 10.0 Å². The molecule has 17 heavy (non-hydrogen) atoms. The highest BCUT2D eigenvalue weighted by molar-refractivity contribution is 7.92. The molecule has 7 nitrogen and oxygen atoms in total. The van der Waals surface area contributed by atoms with Crippen LogP contribution in [0.1, 0.15) is 5.82 Å². The van der Waals surface area contributed by atoms with E-state index in [1.54, 1.807) is 6.92 Å². The zero-order valence-electron chi connectivity index (χ0n) is 8.68. The summed E-state index contributed by atoms with van der Waals surface area (Å²) in [4.78, 5) is 13.8. The summed E-state index contributed by atoms with van der Waals surface area (Å²) in [5.41, 5.74) is 0. The fourth-order valence-electron chi connectivity index (χ4n) is 1.12. The third kappa shape index (κ3) is 2.71. The number of rotatable bonds is 3. The average molecular weight is 274 g/mol. The SMILES string of the molecule is Cc1ncc(S(=O)(=O)Nc2cc(Cl)ncn2)[nH]1. The van der Waals surface area contributed by atoms with Crippen LogP contribution in [0.2, 0.25) is 5.15 Å². The molecule has 9 heteroatoms. The summed E-state index contributed by atoms with van der Waals surface area (Å²) in [6.45, 7) is 1.65. The highest BCUT2D eigenvalue weighted by atomic mass is 35.5. The first-order valence-corrected chi connectivity index (χ1v) is 6.35. The lowest BCUT2D eigenvalue weighted by Crippen LogP contribution is -2.14. The topological polar surface area (TPSA) is 101 Å². The maximum Gasteiger partial charge on any atom is 0.280 e. The molecule has 0 aromatic carbocycles. The van der Waals surface area contributed by atoms with Crippen LogP contribution < -0.4 is 4.72 Å². The second kappa shape index (κ2) is 4.30. The van der Waals surface area contributed by atoms with Gasteiger partial charge in [-0.25, -0.2) is 15.0 Å². The van der Waals surface area contributed by atoms with Gasteiger partial charge in [-0.3, -0.25) is 4.72 Å². The van der Waals surface area contributed by atoms with Gasteiger partial charge in [-0.1, -0.05) is 11.6 Å². The Morgan fingerprint density at radius 3 is 2.71 bits per heavy atom. The van der Waals surface area contributed by atoms with E-state index in [1.165, 1.54) is 18.6 Å². The molecule has 0 saturated heterocycles. The van der Waals surface area contributed by atoms with Gasteiger partial charge in [-0.05, 0) is 6.92 Å². The summed E-state index contributed by atoms with van der Waals surface area (Å²) < 4.78 is 25.9. The van der Waals surface area contributed by atoms with Crippen LogP contribution in [0.3, 0.4) is 0 Å². The lowest BCUT2D eigenvalue weighted by atomic mass is 10.6. The number of hydrogen-bond acceptors (Lipinski definition) is 5. The zero-order chi connectivity index (χ0) is 12.5. The van der Waals surface area contributed by atoms with Gasteiger partial charge in [0.1, 0.15) is 23.1 Å². The van der Waals surface area contributed by atoms with Gasteiger partial charge in [-0.15, -0.1) is 0 Å². The molecule has 0 unspecified atom stereocenters. The lowest BCUT2D eigenvalue weighted by Gasteiger charge is -2.04. The van der Waals surface area contributed by atoms with E-state index in [-0.39, 0.29) is 16.0 Å². The monoisotopic (exact) mass is 273 g/mol. The van der Waals surface area contributed by atoms with Gasteiger partial charge in [0.05, 0.1) is 6.20 Å². The Morgan fingerprint density at radius 2 is 2.12 bits per heavy atom. The highest BCUT2D eigenvalue weighted by Crippen LogP contribution is 2.14. The number of aromatic nitrogens is 4. The Balaban J connectivity index is 2.29.